The minimum Gasteiger partial charge on any atom is -0.389 e. The summed E-state index contributed by atoms with van der Waals surface area (Å²) >= 11 is 10.0. The highest BCUT2D eigenvalue weighted by Crippen LogP contribution is 2.55. The molecule has 0 spiro atoms. The second-order valence-corrected chi connectivity index (χ2v) is 15.1. The molecule has 2 saturated heterocycles. The van der Waals surface area contributed by atoms with Gasteiger partial charge in [0.1, 0.15) is 48.9 Å². The molecule has 230 valence electrons. The lowest BCUT2D eigenvalue weighted by molar-refractivity contribution is -0.122. The van der Waals surface area contributed by atoms with Gasteiger partial charge in [-0.15, -0.1) is 21.4 Å². The van der Waals surface area contributed by atoms with E-state index in [1.165, 1.54) is 21.7 Å². The number of fused-ring (bicyclic) bond motifs is 2. The monoisotopic (exact) mass is 694 g/mol. The molecule has 0 aromatic carbocycles. The fraction of sp³-hybridized carbons (Fsp3) is 0.500. The summed E-state index contributed by atoms with van der Waals surface area (Å²) in [5, 5.41) is 31.9. The summed E-state index contributed by atoms with van der Waals surface area (Å²) in [7, 11) is -2.30. The molecule has 6 rings (SSSR count). The van der Waals surface area contributed by atoms with E-state index in [0.29, 0.717) is 5.69 Å². The van der Waals surface area contributed by atoms with E-state index in [-0.39, 0.29) is 41.6 Å². The number of thioether (sulfide) groups is 1. The van der Waals surface area contributed by atoms with Gasteiger partial charge in [0.05, 0.1) is 23.2 Å². The molecule has 6 heterocycles. The number of aromatic nitrogens is 9. The number of anilines is 2. The lowest BCUT2D eigenvalue weighted by atomic mass is 10.1. The van der Waals surface area contributed by atoms with E-state index in [2.05, 4.69) is 47.6 Å². The molecule has 0 radical (unpaired) electrons. The molecule has 4 aromatic heterocycles. The van der Waals surface area contributed by atoms with Crippen molar-refractivity contribution in [2.24, 2.45) is 0 Å². The standard InChI is InChI=1S/C18H21N11O9P2S3/c19-12-14-21-2-5(28(14)23-4-22-12)7-1-6(30)17(36-7)38-40(34,42)37-11-10(31)8(3-35-39(33)41)43-16(11)29-13-9(26-27-29)15(32)25-18(20)24-13/h2,4,6-8,10-11,16-17,30-31H,1,3H2,(H6-,19,20,22,23,24,25,27,32,33,34,41,42)/p+1/t6-,7+,8+,10+,11+,16+,17+,40?/m0/s1. The van der Waals surface area contributed by atoms with Crippen molar-refractivity contribution in [3.63, 3.8) is 0 Å². The van der Waals surface area contributed by atoms with Gasteiger partial charge in [-0.2, -0.15) is 10.1 Å². The number of aromatic amines is 1. The number of nitrogens with two attached hydrogens (primary N) is 2. The van der Waals surface area contributed by atoms with E-state index in [9.17, 15) is 24.5 Å². The Kier molecular flexibility index (Phi) is 8.43. The van der Waals surface area contributed by atoms with Crippen LogP contribution in [0.15, 0.2) is 17.3 Å². The predicted octanol–water partition coefficient (Wildman–Crippen LogP) is -0.837. The first-order chi connectivity index (χ1) is 20.4. The number of nitrogens with zero attached hydrogens (tertiary/aromatic N) is 8. The molecule has 0 bridgehead atoms. The zero-order chi connectivity index (χ0) is 30.6. The highest BCUT2D eigenvalue weighted by Gasteiger charge is 2.50. The number of rotatable bonds is 9. The molecule has 9 atom stereocenters. The zero-order valence-corrected chi connectivity index (χ0v) is 25.6. The van der Waals surface area contributed by atoms with Gasteiger partial charge in [-0.05, 0) is 16.4 Å². The molecular weight excluding hydrogens is 672 g/mol. The first-order valence-corrected chi connectivity index (χ1v) is 18.0. The Balaban J connectivity index is 1.24. The van der Waals surface area contributed by atoms with Crippen LogP contribution in [0.2, 0.25) is 0 Å². The van der Waals surface area contributed by atoms with Gasteiger partial charge in [-0.1, -0.05) is 5.21 Å². The van der Waals surface area contributed by atoms with E-state index in [0.717, 1.165) is 11.8 Å². The SMILES string of the molecule is Nc1nc2c(nnn2[C@@H]2S[C@H](CO[P+](=O)S)[C@@H](O)[C@H]2OP(O)(=S)O[C@H]2O[C@@H](c3cnc4c(N)ncnn34)C[C@@H]2O)c(=O)[nH]1. The maximum Gasteiger partial charge on any atom is 0.582 e. The Morgan fingerprint density at radius 1 is 1.30 bits per heavy atom. The Morgan fingerprint density at radius 3 is 2.86 bits per heavy atom. The van der Waals surface area contributed by atoms with Gasteiger partial charge in [0.15, 0.2) is 28.9 Å². The zero-order valence-electron chi connectivity index (χ0n) is 21.3. The van der Waals surface area contributed by atoms with Crippen LogP contribution in [0.4, 0.5) is 11.8 Å². The van der Waals surface area contributed by atoms with Crippen molar-refractivity contribution < 1.29 is 38.0 Å². The fourth-order valence-corrected chi connectivity index (χ4v) is 8.36. The summed E-state index contributed by atoms with van der Waals surface area (Å²) in [6.07, 6.45) is -3.51. The van der Waals surface area contributed by atoms with Gasteiger partial charge in [0, 0.05) is 6.42 Å². The number of hydrogen-bond acceptors (Lipinski definition) is 18. The smallest absolute Gasteiger partial charge is 0.389 e. The minimum atomic E-state index is -4.29. The number of ether oxygens (including phenoxy) is 1. The number of imidazole rings is 1. The summed E-state index contributed by atoms with van der Waals surface area (Å²) < 4.78 is 36.3. The molecule has 0 aliphatic carbocycles. The maximum absolute atomic E-state index is 12.3. The summed E-state index contributed by atoms with van der Waals surface area (Å²) in [5.74, 6) is -0.0753. The molecule has 2 fully saturated rings. The number of nitrogen functional groups attached to an aromatic ring is 2. The highest BCUT2D eigenvalue weighted by atomic mass is 32.7. The molecule has 0 amide bonds. The second kappa shape index (κ2) is 11.8. The third kappa shape index (κ3) is 6.00. The third-order valence-corrected chi connectivity index (χ3v) is 10.2. The summed E-state index contributed by atoms with van der Waals surface area (Å²) in [6.45, 7) is -4.53. The molecule has 43 heavy (non-hydrogen) atoms. The van der Waals surface area contributed by atoms with Gasteiger partial charge in [0.25, 0.3) is 5.56 Å². The maximum atomic E-state index is 12.3. The first-order valence-electron chi connectivity index (χ1n) is 12.1. The van der Waals surface area contributed by atoms with Crippen LogP contribution in [0, 0.1) is 0 Å². The van der Waals surface area contributed by atoms with Crippen LogP contribution in [-0.2, 0) is 34.7 Å². The van der Waals surface area contributed by atoms with Crippen molar-refractivity contribution in [1.29, 1.82) is 0 Å². The number of hydrogen-bond donors (Lipinski definition) is 7. The minimum absolute atomic E-state index is 0.0239. The van der Waals surface area contributed by atoms with Crippen LogP contribution < -0.4 is 17.0 Å². The van der Waals surface area contributed by atoms with Crippen LogP contribution in [0.3, 0.4) is 0 Å². The predicted molar refractivity (Wildman–Crippen MR) is 155 cm³/mol. The molecule has 20 nitrogen and oxygen atoms in total. The summed E-state index contributed by atoms with van der Waals surface area (Å²) in [5.41, 5.74) is 11.4. The number of nitrogens with one attached hydrogen (secondary N) is 1. The molecular formula is C18H22N11O9P2S3+. The van der Waals surface area contributed by atoms with E-state index >= 15 is 0 Å². The number of aliphatic hydroxyl groups excluding tert-OH is 2. The molecule has 2 aliphatic heterocycles. The van der Waals surface area contributed by atoms with Crippen molar-refractivity contribution in [2.75, 3.05) is 18.1 Å². The van der Waals surface area contributed by atoms with Gasteiger partial charge in [-0.25, -0.2) is 19.2 Å². The second-order valence-electron chi connectivity index (χ2n) is 9.25. The van der Waals surface area contributed by atoms with E-state index < -0.39 is 60.8 Å². The largest absolute Gasteiger partial charge is 0.582 e. The number of aliphatic hydroxyl groups is 2. The Bertz CT molecular complexity index is 1810. The van der Waals surface area contributed by atoms with Crippen molar-refractivity contribution in [2.45, 2.75) is 47.8 Å². The molecule has 0 saturated carbocycles. The molecule has 4 aromatic rings. The van der Waals surface area contributed by atoms with Crippen LogP contribution >= 0.6 is 38.0 Å². The topological polar surface area (TPSA) is 286 Å². The number of H-pyrrole nitrogens is 1. The normalized spacial score (nSPS) is 29.4. The van der Waals surface area contributed by atoms with Crippen LogP contribution in [-0.4, -0.2) is 96.1 Å². The molecule has 2 aliphatic rings. The van der Waals surface area contributed by atoms with Gasteiger partial charge in [-0.3, -0.25) is 18.8 Å². The van der Waals surface area contributed by atoms with Crippen LogP contribution in [0.1, 0.15) is 23.6 Å². The lowest BCUT2D eigenvalue weighted by Gasteiger charge is -2.28. The van der Waals surface area contributed by atoms with E-state index in [1.807, 2.05) is 0 Å². The van der Waals surface area contributed by atoms with Crippen LogP contribution in [0.5, 0.6) is 0 Å². The summed E-state index contributed by atoms with van der Waals surface area (Å²) in [6, 6.07) is 0. The quantitative estimate of drug-likeness (QED) is 0.0830. The van der Waals surface area contributed by atoms with E-state index in [4.69, 9.17) is 41.6 Å². The Hall–Kier alpha value is -2.40. The third-order valence-electron chi connectivity index (χ3n) is 6.50. The average molecular weight is 695 g/mol. The van der Waals surface area contributed by atoms with Crippen molar-refractivity contribution in [1.82, 2.24) is 44.5 Å². The van der Waals surface area contributed by atoms with Gasteiger partial charge >= 0.3 is 13.9 Å². The highest BCUT2D eigenvalue weighted by molar-refractivity contribution is 8.39. The lowest BCUT2D eigenvalue weighted by Crippen LogP contribution is -2.36. The Morgan fingerprint density at radius 2 is 2.09 bits per heavy atom. The molecule has 8 N–H and O–H groups in total. The van der Waals surface area contributed by atoms with Crippen molar-refractivity contribution >= 4 is 78.3 Å². The van der Waals surface area contributed by atoms with Gasteiger partial charge in [0.2, 0.25) is 5.95 Å². The summed E-state index contributed by atoms with van der Waals surface area (Å²) in [4.78, 5) is 37.8. The van der Waals surface area contributed by atoms with Gasteiger partial charge < -0.3 is 31.3 Å². The van der Waals surface area contributed by atoms with Crippen LogP contribution in [0.25, 0.3) is 16.8 Å². The first kappa shape index (κ1) is 30.6. The molecule has 2 unspecified atom stereocenters. The van der Waals surface area contributed by atoms with Crippen molar-refractivity contribution in [3.8, 4) is 0 Å². The fourth-order valence-electron chi connectivity index (χ4n) is 4.64. The average Bonchev–Trinajstić information content (AvgIpc) is 3.69. The van der Waals surface area contributed by atoms with Crippen molar-refractivity contribution in [3.05, 3.63) is 28.6 Å². The number of thiol groups is 1. The molecule has 25 heteroatoms. The Labute approximate surface area is 254 Å². The van der Waals surface area contributed by atoms with E-state index in [1.54, 1.807) is 0 Å².